The Labute approximate surface area is 833 Å². The number of hydrogen-bond acceptors (Lipinski definition) is 12. The van der Waals surface area contributed by atoms with E-state index in [0.717, 1.165) is 74.3 Å². The Hall–Kier alpha value is -9.92. The van der Waals surface area contributed by atoms with Crippen molar-refractivity contribution in [3.05, 3.63) is 270 Å². The molecule has 0 aromatic heterocycles. The number of aliphatic hydroxyl groups excluding tert-OH is 1. The Morgan fingerprint density at radius 1 is 0.290 bits per heavy atom. The van der Waals surface area contributed by atoms with Crippen LogP contribution in [0, 0.1) is 125 Å². The highest BCUT2D eigenvalue weighted by Crippen LogP contribution is 2.63. The second kappa shape index (κ2) is 45.6. The van der Waals surface area contributed by atoms with Gasteiger partial charge in [0.1, 0.15) is 72.4 Å². The zero-order valence-electron chi connectivity index (χ0n) is 79.6. The predicted octanol–water partition coefficient (Wildman–Crippen LogP) is 27.1. The molecule has 12 bridgehead atoms. The molecule has 12 saturated carbocycles. The molecule has 0 radical (unpaired) electrons. The van der Waals surface area contributed by atoms with Crippen molar-refractivity contribution in [1.29, 1.82) is 0 Å². The average Bonchev–Trinajstić information content (AvgIpc) is 0.733. The molecule has 782 valence electrons. The highest BCUT2D eigenvalue weighted by Gasteiger charge is 2.72. The zero-order chi connectivity index (χ0) is 106. The summed E-state index contributed by atoms with van der Waals surface area (Å²) in [6, 6.07) is 63.9. The van der Waals surface area contributed by atoms with Gasteiger partial charge in [-0.25, -0.2) is 26.3 Å². The Morgan fingerprint density at radius 3 is 0.717 bits per heavy atom. The average molecular weight is 2110 g/mol. The lowest BCUT2D eigenvalue weighted by Gasteiger charge is -2.55. The summed E-state index contributed by atoms with van der Waals surface area (Å²) in [6.07, 6.45) is -5.99. The molecule has 9 aromatic carbocycles. The third-order valence-electron chi connectivity index (χ3n) is 27.8. The van der Waals surface area contributed by atoms with Crippen molar-refractivity contribution in [1.82, 2.24) is 0 Å². The van der Waals surface area contributed by atoms with Gasteiger partial charge in [0.25, 0.3) is 0 Å². The molecule has 0 heterocycles. The molecule has 12 nitrogen and oxygen atoms in total. The minimum absolute atomic E-state index is 0.00768. The summed E-state index contributed by atoms with van der Waals surface area (Å²) >= 11 is 0. The van der Waals surface area contributed by atoms with Crippen LogP contribution in [-0.4, -0.2) is 128 Å². The molecular weight excluding hydrogens is 2000 g/mol. The first-order chi connectivity index (χ1) is 68.0. The summed E-state index contributed by atoms with van der Waals surface area (Å²) in [4.78, 5) is 71.1. The molecule has 0 aliphatic heterocycles. The number of carbonyl (C=O) groups is 5. The van der Waals surface area contributed by atoms with Crippen molar-refractivity contribution < 1.29 is 154 Å². The van der Waals surface area contributed by atoms with Crippen molar-refractivity contribution in [3.63, 3.8) is 0 Å². The lowest BCUT2D eigenvalue weighted by atomic mass is 9.49. The Kier molecular flexibility index (Phi) is 35.3. The van der Waals surface area contributed by atoms with E-state index in [9.17, 15) is 126 Å². The van der Waals surface area contributed by atoms with E-state index in [4.69, 9.17) is 14.2 Å². The SMILES string of the molecule is CC(F)(F)C(F)(F)C(F)(F)OCCOC(=O)C12CC3CC(C1)C(=O)C(C3)C2.CC(F)(F)C(F)(F)C(F)(F)OCCOC(=O)C12CC3CC(CC(C3)C1)C2.CC(F)(F)C(F)(F)OCC(O)COC(=O)C12CC3CC(C1)C(=O)C(C3)C2.Cc1ccc([S+](c2ccc(C)cc2)c2ccc(C)cc2)cc1.Fc1ccc([S+](c2ccc(F)cc2)c2ccc(F)cc2)cc1.Fc1ccc([S+](c2ccc(F)cc2)c2ccc(F)cc2)cc1. The fraction of sp³-hybridized carbons (Fsp3) is 0.454. The van der Waals surface area contributed by atoms with Crippen LogP contribution in [0.15, 0.2) is 262 Å². The lowest BCUT2D eigenvalue weighted by Crippen LogP contribution is -2.55. The molecular formula is C108H109F22O12S3+3. The van der Waals surface area contributed by atoms with Gasteiger partial charge in [-0.15, -0.1) is 0 Å². The second-order valence-corrected chi connectivity index (χ2v) is 45.3. The van der Waals surface area contributed by atoms with Gasteiger partial charge >= 0.3 is 65.8 Å². The number of Topliss-reactive ketones (excluding diaryl/α,β-unsaturated/α-hetero) is 2. The van der Waals surface area contributed by atoms with E-state index in [0.29, 0.717) is 81.5 Å². The number of aliphatic hydroxyl groups is 1. The third-order valence-corrected chi connectivity index (χ3v) is 34.5. The monoisotopic (exact) mass is 2110 g/mol. The third kappa shape index (κ3) is 26.9. The van der Waals surface area contributed by atoms with Crippen molar-refractivity contribution in [2.75, 3.05) is 39.6 Å². The van der Waals surface area contributed by atoms with E-state index in [1.54, 1.807) is 72.8 Å². The van der Waals surface area contributed by atoms with Gasteiger partial charge < -0.3 is 33.5 Å². The van der Waals surface area contributed by atoms with Gasteiger partial charge in [0.2, 0.25) is 0 Å². The van der Waals surface area contributed by atoms with E-state index < -0.39 is 150 Å². The van der Waals surface area contributed by atoms with Gasteiger partial charge in [0.15, 0.2) is 44.1 Å². The summed E-state index contributed by atoms with van der Waals surface area (Å²) in [5.74, 6) is -27.7. The van der Waals surface area contributed by atoms with Crippen LogP contribution < -0.4 is 0 Å². The molecule has 12 aliphatic rings. The molecule has 0 saturated heterocycles. The van der Waals surface area contributed by atoms with Crippen LogP contribution in [0.4, 0.5) is 96.6 Å². The molecule has 0 amide bonds. The number of ether oxygens (including phenoxy) is 6. The minimum atomic E-state index is -5.70. The van der Waals surface area contributed by atoms with Gasteiger partial charge in [0, 0.05) is 44.4 Å². The Bertz CT molecular complexity index is 5160. The van der Waals surface area contributed by atoms with E-state index in [1.165, 1.54) is 104 Å². The van der Waals surface area contributed by atoms with Crippen LogP contribution in [0.5, 0.6) is 0 Å². The van der Waals surface area contributed by atoms with Crippen LogP contribution in [0.25, 0.3) is 0 Å². The second-order valence-electron chi connectivity index (χ2n) is 39.2. The quantitative estimate of drug-likeness (QED) is 0.0149. The van der Waals surface area contributed by atoms with E-state index in [2.05, 4.69) is 108 Å². The van der Waals surface area contributed by atoms with Crippen molar-refractivity contribution in [2.24, 2.45) is 69.5 Å². The summed E-state index contributed by atoms with van der Waals surface area (Å²) in [5, 5.41) is 9.62. The van der Waals surface area contributed by atoms with E-state index in [-0.39, 0.29) is 108 Å². The standard InChI is InChI=1S/C21H21S.2C18H12F3S.C17H20F6O4.C17H22F6O3.C17H22F4O5/c1-16-4-10-19(11-5-16)22(20-12-6-17(2)7-13-20)21-14-8-18(3)9-15-21;2*19-13-1-7-16(8-2-13)22(17-9-3-14(20)4-10-17)18-11-5-15(21)6-12-18;1-14(18,19)16(20,21)17(22,23)27-3-2-26-13(25)15-6-9-4-10(7-15)12(24)11(5-9)8-15;1-14(18,19)16(20,21)17(22,23)26-3-2-25-13(24)15-7-10-4-11(8-15)6-12(5-10)9-15;1-15(18,19)17(20,21)26-8-12(22)7-25-14(24)16-4-9-2-10(5-16)13(23)11(3-9)6-16/h4-15H,1-3H3;2*1-12H;9-11H,2-8H2,1H3;10-12H,2-9H2,1H3;9-12,22H,2-8H2,1H3/q3*+1;;;. The van der Waals surface area contributed by atoms with Crippen molar-refractivity contribution in [3.8, 4) is 0 Å². The maximum Gasteiger partial charge on any atom is 0.425 e. The summed E-state index contributed by atoms with van der Waals surface area (Å²) in [6.45, 7) is 0.370. The van der Waals surface area contributed by atoms with E-state index >= 15 is 0 Å². The first kappa shape index (κ1) is 112. The topological polar surface area (TPSA) is 161 Å². The molecule has 145 heavy (non-hydrogen) atoms. The highest BCUT2D eigenvalue weighted by molar-refractivity contribution is 7.97. The maximum absolute atomic E-state index is 13.2. The molecule has 12 fully saturated rings. The number of rotatable bonds is 30. The van der Waals surface area contributed by atoms with Crippen LogP contribution in [0.2, 0.25) is 0 Å². The summed E-state index contributed by atoms with van der Waals surface area (Å²) in [7, 11) is -1.12. The molecule has 1 N–H and O–H groups in total. The zero-order valence-corrected chi connectivity index (χ0v) is 82.0. The van der Waals surface area contributed by atoms with Gasteiger partial charge in [-0.05, 0) is 335 Å². The Balaban J connectivity index is 0.000000146. The molecule has 0 spiro atoms. The molecule has 5 unspecified atom stereocenters. The first-order valence-electron chi connectivity index (χ1n) is 47.2. The molecule has 37 heteroatoms. The van der Waals surface area contributed by atoms with Crippen molar-refractivity contribution in [2.45, 2.75) is 242 Å². The number of esters is 3. The first-order valence-corrected chi connectivity index (χ1v) is 50.8. The number of ketones is 2. The predicted molar refractivity (Wildman–Crippen MR) is 494 cm³/mol. The van der Waals surface area contributed by atoms with Crippen molar-refractivity contribution >= 4 is 62.2 Å². The summed E-state index contributed by atoms with van der Waals surface area (Å²) < 4.78 is 312. The minimum Gasteiger partial charge on any atom is -0.463 e. The highest BCUT2D eigenvalue weighted by atomic mass is 32.2. The molecule has 5 atom stereocenters. The number of alkyl halides is 16. The number of hydrogen-bond donors (Lipinski definition) is 1. The van der Waals surface area contributed by atoms with Crippen LogP contribution in [-0.2, 0) is 85.1 Å². The fourth-order valence-electron chi connectivity index (χ4n) is 21.3. The van der Waals surface area contributed by atoms with Crippen LogP contribution >= 0.6 is 0 Å². The molecule has 9 aromatic rings. The number of carbonyl (C=O) groups excluding carboxylic acids is 5. The number of benzene rings is 9. The largest absolute Gasteiger partial charge is 0.463 e. The Morgan fingerprint density at radius 2 is 0.497 bits per heavy atom. The van der Waals surface area contributed by atoms with Gasteiger partial charge in [-0.2, -0.15) is 70.2 Å². The lowest BCUT2D eigenvalue weighted by molar-refractivity contribution is -0.395. The maximum atomic E-state index is 13.2. The summed E-state index contributed by atoms with van der Waals surface area (Å²) in [5.41, 5.74) is 1.69. The molecule has 21 rings (SSSR count). The van der Waals surface area contributed by atoms with Crippen LogP contribution in [0.3, 0.4) is 0 Å². The van der Waals surface area contributed by atoms with Crippen LogP contribution in [0.1, 0.15) is 140 Å². The van der Waals surface area contributed by atoms with E-state index in [1.807, 2.05) is 0 Å². The van der Waals surface area contributed by atoms with Gasteiger partial charge in [-0.1, -0.05) is 53.1 Å². The molecule has 12 aliphatic carbocycles. The fourth-order valence-corrected chi connectivity index (χ4v) is 27.5. The smallest absolute Gasteiger partial charge is 0.425 e. The van der Waals surface area contributed by atoms with Gasteiger partial charge in [0.05, 0.1) is 68.8 Å². The normalized spacial score (nSPS) is 23.6. The number of halogens is 22. The van der Waals surface area contributed by atoms with Gasteiger partial charge in [-0.3, -0.25) is 24.0 Å². The number of aryl methyl sites for hydroxylation is 3.